The Morgan fingerprint density at radius 3 is 2.36 bits per heavy atom. The SMILES string of the molecule is Cc1cccc(CC(=O)Nc2ccc(C(=O)NCCNC(=O)C3CC3)cc2)c1. The summed E-state index contributed by atoms with van der Waals surface area (Å²) < 4.78 is 0. The van der Waals surface area contributed by atoms with E-state index in [9.17, 15) is 14.4 Å². The predicted octanol–water partition coefficient (Wildman–Crippen LogP) is 2.43. The zero-order chi connectivity index (χ0) is 19.9. The van der Waals surface area contributed by atoms with E-state index >= 15 is 0 Å². The molecule has 3 N–H and O–H groups in total. The highest BCUT2D eigenvalue weighted by atomic mass is 16.2. The van der Waals surface area contributed by atoms with Gasteiger partial charge in [0.15, 0.2) is 0 Å². The van der Waals surface area contributed by atoms with Crippen LogP contribution in [0.5, 0.6) is 0 Å². The Labute approximate surface area is 164 Å². The van der Waals surface area contributed by atoms with Gasteiger partial charge in [0.25, 0.3) is 5.91 Å². The van der Waals surface area contributed by atoms with Crippen LogP contribution in [0.25, 0.3) is 0 Å². The van der Waals surface area contributed by atoms with Crippen molar-refractivity contribution in [3.05, 3.63) is 65.2 Å². The largest absolute Gasteiger partial charge is 0.354 e. The van der Waals surface area contributed by atoms with Gasteiger partial charge in [-0.25, -0.2) is 0 Å². The molecule has 28 heavy (non-hydrogen) atoms. The van der Waals surface area contributed by atoms with Crippen molar-refractivity contribution in [1.82, 2.24) is 10.6 Å². The van der Waals surface area contributed by atoms with Crippen molar-refractivity contribution in [2.75, 3.05) is 18.4 Å². The van der Waals surface area contributed by atoms with Crippen LogP contribution < -0.4 is 16.0 Å². The van der Waals surface area contributed by atoms with E-state index in [0.717, 1.165) is 24.0 Å². The monoisotopic (exact) mass is 379 g/mol. The first-order valence-corrected chi connectivity index (χ1v) is 9.52. The number of rotatable bonds is 8. The van der Waals surface area contributed by atoms with E-state index in [1.54, 1.807) is 24.3 Å². The third-order valence-corrected chi connectivity index (χ3v) is 4.54. The van der Waals surface area contributed by atoms with Crippen molar-refractivity contribution < 1.29 is 14.4 Å². The minimum atomic E-state index is -0.210. The number of aryl methyl sites for hydroxylation is 1. The van der Waals surface area contributed by atoms with E-state index in [-0.39, 0.29) is 23.6 Å². The molecule has 1 aliphatic carbocycles. The molecule has 3 rings (SSSR count). The maximum Gasteiger partial charge on any atom is 0.251 e. The van der Waals surface area contributed by atoms with Crippen molar-refractivity contribution in [2.24, 2.45) is 5.92 Å². The van der Waals surface area contributed by atoms with Gasteiger partial charge >= 0.3 is 0 Å². The van der Waals surface area contributed by atoms with Gasteiger partial charge in [0.1, 0.15) is 0 Å². The van der Waals surface area contributed by atoms with Crippen LogP contribution in [0.15, 0.2) is 48.5 Å². The molecule has 1 saturated carbocycles. The zero-order valence-corrected chi connectivity index (χ0v) is 16.0. The first-order valence-electron chi connectivity index (χ1n) is 9.52. The lowest BCUT2D eigenvalue weighted by molar-refractivity contribution is -0.122. The summed E-state index contributed by atoms with van der Waals surface area (Å²) in [5.74, 6) is -0.0723. The average Bonchev–Trinajstić information content (AvgIpc) is 3.50. The highest BCUT2D eigenvalue weighted by Gasteiger charge is 2.28. The third kappa shape index (κ3) is 5.94. The summed E-state index contributed by atoms with van der Waals surface area (Å²) >= 11 is 0. The molecule has 146 valence electrons. The van der Waals surface area contributed by atoms with Crippen LogP contribution >= 0.6 is 0 Å². The molecule has 1 aliphatic rings. The highest BCUT2D eigenvalue weighted by molar-refractivity contribution is 5.96. The summed E-state index contributed by atoms with van der Waals surface area (Å²) in [5, 5.41) is 8.41. The fraction of sp³-hybridized carbons (Fsp3) is 0.318. The Bertz CT molecular complexity index is 858. The van der Waals surface area contributed by atoms with Gasteiger partial charge in [-0.05, 0) is 49.6 Å². The van der Waals surface area contributed by atoms with Crippen molar-refractivity contribution in [1.29, 1.82) is 0 Å². The van der Waals surface area contributed by atoms with E-state index < -0.39 is 0 Å². The summed E-state index contributed by atoms with van der Waals surface area (Å²) in [7, 11) is 0. The first-order chi connectivity index (χ1) is 13.5. The van der Waals surface area contributed by atoms with Gasteiger partial charge in [0.05, 0.1) is 6.42 Å². The average molecular weight is 379 g/mol. The molecule has 2 aromatic carbocycles. The Morgan fingerprint density at radius 1 is 0.964 bits per heavy atom. The van der Waals surface area contributed by atoms with Crippen LogP contribution in [0.1, 0.15) is 34.3 Å². The molecule has 0 atom stereocenters. The molecule has 0 unspecified atom stereocenters. The van der Waals surface area contributed by atoms with Crippen LogP contribution in [-0.2, 0) is 16.0 Å². The number of hydrogen-bond donors (Lipinski definition) is 3. The molecule has 1 fully saturated rings. The molecule has 2 aromatic rings. The second-order valence-electron chi connectivity index (χ2n) is 7.11. The summed E-state index contributed by atoms with van der Waals surface area (Å²) in [6.45, 7) is 2.80. The van der Waals surface area contributed by atoms with Gasteiger partial charge < -0.3 is 16.0 Å². The van der Waals surface area contributed by atoms with Crippen LogP contribution in [0.3, 0.4) is 0 Å². The van der Waals surface area contributed by atoms with Gasteiger partial charge in [-0.15, -0.1) is 0 Å². The lowest BCUT2D eigenvalue weighted by Gasteiger charge is -2.09. The van der Waals surface area contributed by atoms with Gasteiger partial charge in [-0.1, -0.05) is 29.8 Å². The molecule has 6 nitrogen and oxygen atoms in total. The maximum absolute atomic E-state index is 12.2. The number of amides is 3. The van der Waals surface area contributed by atoms with E-state index in [1.807, 2.05) is 31.2 Å². The van der Waals surface area contributed by atoms with Gasteiger partial charge in [-0.3, -0.25) is 14.4 Å². The molecule has 0 saturated heterocycles. The summed E-state index contributed by atoms with van der Waals surface area (Å²) in [5.41, 5.74) is 3.23. The minimum Gasteiger partial charge on any atom is -0.354 e. The van der Waals surface area contributed by atoms with Crippen LogP contribution in [0, 0.1) is 12.8 Å². The Morgan fingerprint density at radius 2 is 1.68 bits per heavy atom. The van der Waals surface area contributed by atoms with Crippen molar-refractivity contribution in [3.8, 4) is 0 Å². The molecule has 3 amide bonds. The molecule has 6 heteroatoms. The predicted molar refractivity (Wildman–Crippen MR) is 108 cm³/mol. The number of hydrogen-bond acceptors (Lipinski definition) is 3. The van der Waals surface area contributed by atoms with Crippen LogP contribution in [0.4, 0.5) is 5.69 Å². The summed E-state index contributed by atoms with van der Waals surface area (Å²) in [6.07, 6.45) is 2.23. The van der Waals surface area contributed by atoms with Gasteiger partial charge in [-0.2, -0.15) is 0 Å². The second-order valence-corrected chi connectivity index (χ2v) is 7.11. The molecule has 0 bridgehead atoms. The first kappa shape index (κ1) is 19.6. The van der Waals surface area contributed by atoms with E-state index in [4.69, 9.17) is 0 Å². The smallest absolute Gasteiger partial charge is 0.251 e. The van der Waals surface area contributed by atoms with Gasteiger partial charge in [0.2, 0.25) is 11.8 Å². The number of carbonyl (C=O) groups excluding carboxylic acids is 3. The van der Waals surface area contributed by atoms with Crippen molar-refractivity contribution >= 4 is 23.4 Å². The molecule has 0 aliphatic heterocycles. The Kier molecular flexibility index (Phi) is 6.42. The lowest BCUT2D eigenvalue weighted by atomic mass is 10.1. The van der Waals surface area contributed by atoms with Crippen LogP contribution in [-0.4, -0.2) is 30.8 Å². The van der Waals surface area contributed by atoms with E-state index in [1.165, 1.54) is 0 Å². The summed E-state index contributed by atoms with van der Waals surface area (Å²) in [4.78, 5) is 35.8. The molecule has 0 heterocycles. The molecule has 0 aromatic heterocycles. The van der Waals surface area contributed by atoms with Crippen molar-refractivity contribution in [3.63, 3.8) is 0 Å². The lowest BCUT2D eigenvalue weighted by Crippen LogP contribution is -2.35. The minimum absolute atomic E-state index is 0.0695. The van der Waals surface area contributed by atoms with Gasteiger partial charge in [0, 0.05) is 30.3 Å². The fourth-order valence-electron chi connectivity index (χ4n) is 2.87. The standard InChI is InChI=1S/C22H25N3O3/c1-15-3-2-4-16(13-15)14-20(26)25-19-9-7-18(8-10-19)22(28)24-12-11-23-21(27)17-5-6-17/h2-4,7-10,13,17H,5-6,11-12,14H2,1H3,(H,23,27)(H,24,28)(H,25,26). The second kappa shape index (κ2) is 9.17. The van der Waals surface area contributed by atoms with E-state index in [0.29, 0.717) is 30.8 Å². The third-order valence-electron chi connectivity index (χ3n) is 4.54. The number of carbonyl (C=O) groups is 3. The molecular formula is C22H25N3O3. The number of anilines is 1. The molecule has 0 spiro atoms. The zero-order valence-electron chi connectivity index (χ0n) is 16.0. The van der Waals surface area contributed by atoms with Crippen LogP contribution in [0.2, 0.25) is 0 Å². The topological polar surface area (TPSA) is 87.3 Å². The maximum atomic E-state index is 12.2. The summed E-state index contributed by atoms with van der Waals surface area (Å²) in [6, 6.07) is 14.6. The normalized spacial score (nSPS) is 12.9. The quantitative estimate of drug-likeness (QED) is 0.616. The van der Waals surface area contributed by atoms with Crippen molar-refractivity contribution in [2.45, 2.75) is 26.2 Å². The highest BCUT2D eigenvalue weighted by Crippen LogP contribution is 2.28. The number of nitrogens with one attached hydrogen (secondary N) is 3. The van der Waals surface area contributed by atoms with E-state index in [2.05, 4.69) is 16.0 Å². The fourth-order valence-corrected chi connectivity index (χ4v) is 2.87. The molecular weight excluding hydrogens is 354 g/mol. The Balaban J connectivity index is 1.42. The number of benzene rings is 2. The Hall–Kier alpha value is -3.15. The molecule has 0 radical (unpaired) electrons.